The van der Waals surface area contributed by atoms with E-state index in [1.165, 1.54) is 5.39 Å². The van der Waals surface area contributed by atoms with E-state index in [1.54, 1.807) is 24.3 Å². The summed E-state index contributed by atoms with van der Waals surface area (Å²) >= 11 is 3.20. The molecule has 1 aliphatic heterocycles. The molecule has 0 spiro atoms. The van der Waals surface area contributed by atoms with Crippen molar-refractivity contribution in [1.82, 2.24) is 29.9 Å². The molecule has 466 valence electrons. The SMILES string of the molecule is CC1(C)OB(c2ccc3ccccc3c2-c2ccc(-c3nc(-c4ccccc4)nc(-c4ccccc4)n3)cc2)OC1(C)C.[C-]#[N+]c1cc(Br)cc(C#N)c1.[C-]#[N+]c1cc(C#N)cc(-c2ccc3ccccc3c2-c2ccc(-c3nc(-c4ccccc4)nc(-c4ccccc4)n3)cc2)c1. The summed E-state index contributed by atoms with van der Waals surface area (Å²) < 4.78 is 13.8. The fourth-order valence-corrected chi connectivity index (χ4v) is 12.1. The molecule has 1 saturated heterocycles. The van der Waals surface area contributed by atoms with Gasteiger partial charge in [-0.15, -0.1) is 0 Å². The fraction of sp³-hybridized carbons (Fsp3) is 0.0714. The molecule has 12 aromatic carbocycles. The van der Waals surface area contributed by atoms with Crippen LogP contribution < -0.4 is 5.46 Å². The van der Waals surface area contributed by atoms with Crippen molar-refractivity contribution in [3.63, 3.8) is 0 Å². The van der Waals surface area contributed by atoms with Crippen molar-refractivity contribution >= 4 is 61.4 Å². The third-order valence-corrected chi connectivity index (χ3v) is 17.7. The van der Waals surface area contributed by atoms with Crippen LogP contribution in [0, 0.1) is 35.8 Å². The summed E-state index contributed by atoms with van der Waals surface area (Å²) in [5.74, 6) is 3.73. The topological polar surface area (TPSA) is 152 Å². The van der Waals surface area contributed by atoms with Crippen LogP contribution in [0.2, 0.25) is 0 Å². The summed E-state index contributed by atoms with van der Waals surface area (Å²) in [6.45, 7) is 22.6. The van der Waals surface area contributed by atoms with Gasteiger partial charge in [0.25, 0.3) is 0 Å². The predicted molar refractivity (Wildman–Crippen MR) is 395 cm³/mol. The first-order valence-corrected chi connectivity index (χ1v) is 32.4. The summed E-state index contributed by atoms with van der Waals surface area (Å²) in [6.07, 6.45) is 0. The Morgan fingerprint density at radius 1 is 0.357 bits per heavy atom. The van der Waals surface area contributed by atoms with Crippen molar-refractivity contribution < 1.29 is 9.31 Å². The number of rotatable bonds is 10. The molecule has 0 atom stereocenters. The third-order valence-electron chi connectivity index (χ3n) is 17.3. The van der Waals surface area contributed by atoms with Crippen LogP contribution in [0.3, 0.4) is 0 Å². The molecule has 0 N–H and O–H groups in total. The zero-order valence-electron chi connectivity index (χ0n) is 53.8. The molecule has 2 aromatic heterocycles. The molecular weight excluding hydrogens is 1270 g/mol. The maximum Gasteiger partial charge on any atom is 0.495 e. The lowest BCUT2D eigenvalue weighted by Gasteiger charge is -2.32. The van der Waals surface area contributed by atoms with E-state index in [2.05, 4.69) is 156 Å². The summed E-state index contributed by atoms with van der Waals surface area (Å²) in [5.41, 5.74) is 13.6. The molecular formula is C84H58BBrN10O2. The predicted octanol–water partition coefficient (Wildman–Crippen LogP) is 20.6. The van der Waals surface area contributed by atoms with Crippen molar-refractivity contribution in [1.29, 1.82) is 10.5 Å². The number of hydrogen-bond acceptors (Lipinski definition) is 10. The molecule has 0 amide bonds. The van der Waals surface area contributed by atoms with Crippen LogP contribution in [0.25, 0.3) is 133 Å². The number of aromatic nitrogens is 6. The Kier molecular flexibility index (Phi) is 18.6. The van der Waals surface area contributed by atoms with E-state index in [0.29, 0.717) is 57.4 Å². The first-order chi connectivity index (χ1) is 47.7. The van der Waals surface area contributed by atoms with Gasteiger partial charge in [0.15, 0.2) is 46.3 Å². The average molecular weight is 1330 g/mol. The van der Waals surface area contributed by atoms with E-state index in [-0.39, 0.29) is 0 Å². The molecule has 14 heteroatoms. The molecule has 15 rings (SSSR count). The Balaban J connectivity index is 0.000000153. The minimum atomic E-state index is -0.477. The average Bonchev–Trinajstić information content (AvgIpc) is 1.30. The smallest absolute Gasteiger partial charge is 0.399 e. The van der Waals surface area contributed by atoms with E-state index < -0.39 is 18.3 Å². The number of nitriles is 2. The van der Waals surface area contributed by atoms with Gasteiger partial charge in [-0.2, -0.15) is 10.5 Å². The molecule has 3 heterocycles. The number of fused-ring (bicyclic) bond motifs is 2. The number of benzene rings is 12. The normalized spacial score (nSPS) is 12.6. The molecule has 14 aromatic rings. The molecule has 0 saturated carbocycles. The lowest BCUT2D eigenvalue weighted by atomic mass is 9.73. The second kappa shape index (κ2) is 28.3. The van der Waals surface area contributed by atoms with Gasteiger partial charge >= 0.3 is 7.12 Å². The number of hydrogen-bond donors (Lipinski definition) is 0. The molecule has 0 aliphatic carbocycles. The van der Waals surface area contributed by atoms with E-state index in [1.807, 2.05) is 164 Å². The second-order valence-electron chi connectivity index (χ2n) is 24.2. The van der Waals surface area contributed by atoms with Crippen molar-refractivity contribution in [2.45, 2.75) is 38.9 Å². The van der Waals surface area contributed by atoms with Crippen LogP contribution in [0.5, 0.6) is 0 Å². The van der Waals surface area contributed by atoms with Crippen LogP contribution in [0.15, 0.2) is 284 Å². The molecule has 1 aliphatic rings. The highest BCUT2D eigenvalue weighted by Crippen LogP contribution is 2.42. The first kappa shape index (κ1) is 64.3. The standard InChI is InChI=1S/C39H23N5.C37H32BN3O2.C8H3BrN2/c1-41-33-23-26(25-40)22-32(24-33)35-21-20-27-10-8-9-15-34(27)36(35)28-16-18-31(19-17-28)39-43-37(29-11-4-2-5-12-29)42-38(44-39)30-13-6-3-7-14-30;1-36(2)37(3,4)43-38(42-36)31-24-23-25-13-11-12-18-30(25)32(31)26-19-21-29(22-20-26)35-40-33(27-14-7-5-8-15-27)39-34(41-35)28-16-9-6-10-17-28;1-11-8-3-6(5-10)2-7(9)4-8/h2-24H;5-24H,1-4H3;2-4H. The molecule has 1 fully saturated rings. The second-order valence-corrected chi connectivity index (χ2v) is 25.1. The van der Waals surface area contributed by atoms with E-state index in [9.17, 15) is 5.26 Å². The Labute approximate surface area is 577 Å². The van der Waals surface area contributed by atoms with Gasteiger partial charge in [-0.05, 0) is 124 Å². The molecule has 0 unspecified atom stereocenters. The van der Waals surface area contributed by atoms with Gasteiger partial charge in [0.2, 0.25) is 0 Å². The summed E-state index contributed by atoms with van der Waals surface area (Å²) in [6, 6.07) is 96.1. The zero-order valence-corrected chi connectivity index (χ0v) is 55.4. The zero-order chi connectivity index (χ0) is 67.8. The highest BCUT2D eigenvalue weighted by Gasteiger charge is 2.52. The lowest BCUT2D eigenvalue weighted by Crippen LogP contribution is -2.41. The summed E-state index contributed by atoms with van der Waals surface area (Å²) in [7, 11) is -0.477. The van der Waals surface area contributed by atoms with Gasteiger partial charge in [-0.25, -0.2) is 39.6 Å². The monoisotopic (exact) mass is 1330 g/mol. The molecule has 0 bridgehead atoms. The summed E-state index contributed by atoms with van der Waals surface area (Å²) in [5, 5.41) is 22.7. The van der Waals surface area contributed by atoms with E-state index in [0.717, 1.165) is 92.9 Å². The Morgan fingerprint density at radius 3 is 1.10 bits per heavy atom. The largest absolute Gasteiger partial charge is 0.495 e. The molecule has 12 nitrogen and oxygen atoms in total. The van der Waals surface area contributed by atoms with Crippen molar-refractivity contribution in [2.24, 2.45) is 0 Å². The maximum atomic E-state index is 9.64. The number of halogens is 1. The van der Waals surface area contributed by atoms with Crippen molar-refractivity contribution in [3.8, 4) is 114 Å². The van der Waals surface area contributed by atoms with E-state index >= 15 is 0 Å². The Morgan fingerprint density at radius 2 is 0.694 bits per heavy atom. The van der Waals surface area contributed by atoms with Gasteiger partial charge in [0.1, 0.15) is 0 Å². The number of nitrogens with zero attached hydrogens (tertiary/aromatic N) is 10. The fourth-order valence-electron chi connectivity index (χ4n) is 11.6. The Hall–Kier alpha value is -12.4. The molecule has 0 radical (unpaired) electrons. The lowest BCUT2D eigenvalue weighted by molar-refractivity contribution is 0.00578. The van der Waals surface area contributed by atoms with Crippen LogP contribution in [-0.4, -0.2) is 48.2 Å². The minimum Gasteiger partial charge on any atom is -0.399 e. The maximum absolute atomic E-state index is 9.64. The van der Waals surface area contributed by atoms with Gasteiger partial charge < -0.3 is 9.31 Å². The highest BCUT2D eigenvalue weighted by atomic mass is 79.9. The first-order valence-electron chi connectivity index (χ1n) is 31.6. The van der Waals surface area contributed by atoms with Crippen LogP contribution in [0.1, 0.15) is 38.8 Å². The van der Waals surface area contributed by atoms with E-state index in [4.69, 9.17) is 57.6 Å². The van der Waals surface area contributed by atoms with Gasteiger partial charge in [0.05, 0.1) is 36.5 Å². The van der Waals surface area contributed by atoms with Crippen LogP contribution >= 0.6 is 15.9 Å². The van der Waals surface area contributed by atoms with Crippen LogP contribution in [-0.2, 0) is 9.31 Å². The van der Waals surface area contributed by atoms with Crippen molar-refractivity contribution in [3.05, 3.63) is 317 Å². The molecule has 98 heavy (non-hydrogen) atoms. The summed E-state index contributed by atoms with van der Waals surface area (Å²) in [4.78, 5) is 36.0. The van der Waals surface area contributed by atoms with Crippen LogP contribution in [0.4, 0.5) is 11.4 Å². The quantitative estimate of drug-likeness (QED) is 0.0955. The van der Waals surface area contributed by atoms with Crippen molar-refractivity contribution in [2.75, 3.05) is 0 Å². The van der Waals surface area contributed by atoms with Gasteiger partial charge in [-0.1, -0.05) is 259 Å². The van der Waals surface area contributed by atoms with Gasteiger partial charge in [-0.3, -0.25) is 0 Å². The Bertz CT molecular complexity index is 5270. The highest BCUT2D eigenvalue weighted by molar-refractivity contribution is 9.10. The minimum absolute atomic E-state index is 0.434. The third kappa shape index (κ3) is 13.9. The van der Waals surface area contributed by atoms with Gasteiger partial charge in [0, 0.05) is 49.0 Å².